The summed E-state index contributed by atoms with van der Waals surface area (Å²) < 4.78 is 2.51. The van der Waals surface area contributed by atoms with E-state index < -0.39 is 0 Å². The van der Waals surface area contributed by atoms with E-state index in [-0.39, 0.29) is 5.91 Å². The lowest BCUT2D eigenvalue weighted by atomic mass is 9.89. The molecule has 3 aromatic carbocycles. The van der Waals surface area contributed by atoms with Gasteiger partial charge < -0.3 is 14.8 Å². The summed E-state index contributed by atoms with van der Waals surface area (Å²) in [7, 11) is 0. The van der Waals surface area contributed by atoms with Gasteiger partial charge in [-0.05, 0) is 111 Å². The van der Waals surface area contributed by atoms with Gasteiger partial charge in [-0.15, -0.1) is 0 Å². The molecule has 0 radical (unpaired) electrons. The predicted octanol–water partition coefficient (Wildman–Crippen LogP) is 7.89. The van der Waals surface area contributed by atoms with Crippen LogP contribution in [0.15, 0.2) is 60.7 Å². The van der Waals surface area contributed by atoms with Gasteiger partial charge in [-0.25, -0.2) is 4.98 Å². The molecule has 1 fully saturated rings. The van der Waals surface area contributed by atoms with Crippen LogP contribution in [0.5, 0.6) is 0 Å². The molecule has 5 heteroatoms. The van der Waals surface area contributed by atoms with E-state index in [1.165, 1.54) is 64.8 Å². The minimum Gasteiger partial charge on any atom is -0.328 e. The van der Waals surface area contributed by atoms with E-state index in [1.54, 1.807) is 6.92 Å². The molecule has 5 nitrogen and oxygen atoms in total. The Balaban J connectivity index is 1.26. The Bertz CT molecular complexity index is 1450. The van der Waals surface area contributed by atoms with Crippen molar-refractivity contribution in [1.82, 2.24) is 14.5 Å². The number of nitrogens with zero attached hydrogens (tertiary/aromatic N) is 3. The molecule has 0 aliphatic carbocycles. The Morgan fingerprint density at radius 3 is 2.48 bits per heavy atom. The molecule has 1 aliphatic heterocycles. The van der Waals surface area contributed by atoms with E-state index in [0.717, 1.165) is 50.2 Å². The quantitative estimate of drug-likeness (QED) is 0.224. The number of anilines is 1. The standard InChI is InChI=1S/C35H44N4O/c1-5-6-16-33-37-35-26(3)34(29-12-8-7-9-13-29)25(2)23-32(35)39(33)20-11-19-38-21-17-28(18-22-38)30-14-10-15-31(24-30)36-27(4)40/h7-10,12-15,23-24,28H,5-6,11,16-22H2,1-4H3,(H,36,40). The number of benzene rings is 3. The number of fused-ring (bicyclic) bond motifs is 1. The molecule has 0 bridgehead atoms. The summed E-state index contributed by atoms with van der Waals surface area (Å²) in [6.45, 7) is 12.7. The number of carbonyl (C=O) groups excluding carboxylic acids is 1. The number of nitrogens with one attached hydrogen (secondary N) is 1. The van der Waals surface area contributed by atoms with Crippen LogP contribution in [0.25, 0.3) is 22.2 Å². The van der Waals surface area contributed by atoms with Gasteiger partial charge >= 0.3 is 0 Å². The van der Waals surface area contributed by atoms with Gasteiger partial charge in [0.15, 0.2) is 0 Å². The zero-order valence-electron chi connectivity index (χ0n) is 24.7. The number of unbranched alkanes of at least 4 members (excludes halogenated alkanes) is 1. The maximum Gasteiger partial charge on any atom is 0.221 e. The molecule has 0 atom stereocenters. The van der Waals surface area contributed by atoms with Gasteiger partial charge in [0.1, 0.15) is 5.82 Å². The Morgan fingerprint density at radius 2 is 1.75 bits per heavy atom. The lowest BCUT2D eigenvalue weighted by molar-refractivity contribution is -0.114. The summed E-state index contributed by atoms with van der Waals surface area (Å²) in [4.78, 5) is 19.3. The molecule has 1 aliphatic rings. The number of piperidine rings is 1. The summed E-state index contributed by atoms with van der Waals surface area (Å²) in [5.74, 6) is 1.78. The van der Waals surface area contributed by atoms with Gasteiger partial charge in [0.25, 0.3) is 0 Å². The van der Waals surface area contributed by atoms with Crippen LogP contribution in [0.3, 0.4) is 0 Å². The summed E-state index contributed by atoms with van der Waals surface area (Å²) in [6, 6.07) is 21.5. The molecular formula is C35H44N4O. The van der Waals surface area contributed by atoms with Crippen LogP contribution in [0.2, 0.25) is 0 Å². The molecule has 4 aromatic rings. The average molecular weight is 537 g/mol. The van der Waals surface area contributed by atoms with Gasteiger partial charge in [-0.1, -0.05) is 55.8 Å². The fourth-order valence-corrected chi connectivity index (χ4v) is 6.47. The topological polar surface area (TPSA) is 50.2 Å². The molecule has 0 spiro atoms. The van der Waals surface area contributed by atoms with E-state index in [9.17, 15) is 4.79 Å². The lowest BCUT2D eigenvalue weighted by Crippen LogP contribution is -2.34. The molecule has 210 valence electrons. The largest absolute Gasteiger partial charge is 0.328 e. The van der Waals surface area contributed by atoms with Crippen LogP contribution in [0.1, 0.15) is 74.4 Å². The van der Waals surface area contributed by atoms with Crippen molar-refractivity contribution in [3.63, 3.8) is 0 Å². The van der Waals surface area contributed by atoms with Crippen molar-refractivity contribution >= 4 is 22.6 Å². The van der Waals surface area contributed by atoms with Crippen LogP contribution >= 0.6 is 0 Å². The molecule has 1 N–H and O–H groups in total. The number of likely N-dealkylation sites (tertiary alicyclic amines) is 1. The smallest absolute Gasteiger partial charge is 0.221 e. The summed E-state index contributed by atoms with van der Waals surface area (Å²) in [5, 5.41) is 2.93. The van der Waals surface area contributed by atoms with E-state index in [4.69, 9.17) is 4.98 Å². The van der Waals surface area contributed by atoms with E-state index in [0.29, 0.717) is 5.92 Å². The second-order valence-electron chi connectivity index (χ2n) is 11.5. The molecule has 0 saturated carbocycles. The predicted molar refractivity (Wildman–Crippen MR) is 167 cm³/mol. The van der Waals surface area contributed by atoms with Crippen molar-refractivity contribution in [3.05, 3.63) is 83.2 Å². The van der Waals surface area contributed by atoms with E-state index in [2.05, 4.69) is 90.2 Å². The molecule has 1 amide bonds. The number of aryl methyl sites for hydroxylation is 4. The number of carbonyl (C=O) groups is 1. The molecule has 1 aromatic heterocycles. The Kier molecular flexibility index (Phi) is 9.01. The van der Waals surface area contributed by atoms with Gasteiger partial charge in [-0.2, -0.15) is 0 Å². The van der Waals surface area contributed by atoms with Crippen LogP contribution in [-0.4, -0.2) is 40.0 Å². The first-order valence-electron chi connectivity index (χ1n) is 15.1. The second-order valence-corrected chi connectivity index (χ2v) is 11.5. The van der Waals surface area contributed by atoms with Crippen molar-refractivity contribution in [2.45, 2.75) is 78.7 Å². The molecular weight excluding hydrogens is 492 g/mol. The zero-order chi connectivity index (χ0) is 28.1. The van der Waals surface area contributed by atoms with Crippen molar-refractivity contribution in [2.24, 2.45) is 0 Å². The minimum absolute atomic E-state index is 0.0163. The third kappa shape index (κ3) is 6.31. The van der Waals surface area contributed by atoms with Crippen LogP contribution in [0.4, 0.5) is 5.69 Å². The third-order valence-corrected chi connectivity index (χ3v) is 8.50. The highest BCUT2D eigenvalue weighted by Gasteiger charge is 2.22. The fourth-order valence-electron chi connectivity index (χ4n) is 6.47. The number of aromatic nitrogens is 2. The SMILES string of the molecule is CCCCc1nc2c(C)c(-c3ccccc3)c(C)cc2n1CCCN1CCC(c2cccc(NC(C)=O)c2)CC1. The zero-order valence-corrected chi connectivity index (χ0v) is 24.7. The van der Waals surface area contributed by atoms with Crippen molar-refractivity contribution in [3.8, 4) is 11.1 Å². The van der Waals surface area contributed by atoms with Gasteiger partial charge in [0.2, 0.25) is 5.91 Å². The minimum atomic E-state index is -0.0163. The molecule has 40 heavy (non-hydrogen) atoms. The Labute approximate surface area is 239 Å². The first-order chi connectivity index (χ1) is 19.4. The molecule has 1 saturated heterocycles. The summed E-state index contributed by atoms with van der Waals surface area (Å²) in [6.07, 6.45) is 6.85. The van der Waals surface area contributed by atoms with Crippen LogP contribution in [0, 0.1) is 13.8 Å². The maximum absolute atomic E-state index is 11.5. The summed E-state index contributed by atoms with van der Waals surface area (Å²) >= 11 is 0. The van der Waals surface area contributed by atoms with Crippen molar-refractivity contribution in [1.29, 1.82) is 0 Å². The number of amides is 1. The second kappa shape index (κ2) is 12.8. The van der Waals surface area contributed by atoms with Gasteiger partial charge in [-0.3, -0.25) is 4.79 Å². The first kappa shape index (κ1) is 28.1. The van der Waals surface area contributed by atoms with E-state index >= 15 is 0 Å². The first-order valence-corrected chi connectivity index (χ1v) is 15.1. The normalized spacial score (nSPS) is 14.6. The Morgan fingerprint density at radius 1 is 0.975 bits per heavy atom. The highest BCUT2D eigenvalue weighted by molar-refractivity contribution is 5.90. The monoisotopic (exact) mass is 536 g/mol. The van der Waals surface area contributed by atoms with Gasteiger partial charge in [0, 0.05) is 25.6 Å². The number of rotatable bonds is 10. The molecule has 0 unspecified atom stereocenters. The highest BCUT2D eigenvalue weighted by Crippen LogP contribution is 2.34. The third-order valence-electron chi connectivity index (χ3n) is 8.50. The lowest BCUT2D eigenvalue weighted by Gasteiger charge is -2.32. The van der Waals surface area contributed by atoms with Crippen LogP contribution < -0.4 is 5.32 Å². The fraction of sp³-hybridized carbons (Fsp3) is 0.429. The molecule has 5 rings (SSSR count). The molecule has 2 heterocycles. The number of hydrogen-bond donors (Lipinski definition) is 1. The average Bonchev–Trinajstić information content (AvgIpc) is 3.30. The summed E-state index contributed by atoms with van der Waals surface area (Å²) in [5.41, 5.74) is 9.92. The number of imidazole rings is 1. The van der Waals surface area contributed by atoms with Crippen LogP contribution in [-0.2, 0) is 17.8 Å². The van der Waals surface area contributed by atoms with E-state index in [1.807, 2.05) is 6.07 Å². The van der Waals surface area contributed by atoms with Gasteiger partial charge in [0.05, 0.1) is 11.0 Å². The van der Waals surface area contributed by atoms with Crippen molar-refractivity contribution < 1.29 is 4.79 Å². The highest BCUT2D eigenvalue weighted by atomic mass is 16.1. The maximum atomic E-state index is 11.5. The van der Waals surface area contributed by atoms with Crippen molar-refractivity contribution in [2.75, 3.05) is 25.0 Å². The number of hydrogen-bond acceptors (Lipinski definition) is 3. The Hall–Kier alpha value is -3.44.